The summed E-state index contributed by atoms with van der Waals surface area (Å²) in [7, 11) is 1.68. The predicted octanol–water partition coefficient (Wildman–Crippen LogP) is 2.44. The first-order chi connectivity index (χ1) is 8.40. The molecule has 0 radical (unpaired) electrons. The Kier molecular flexibility index (Phi) is 2.33. The van der Waals surface area contributed by atoms with Crippen LogP contribution in [0.3, 0.4) is 0 Å². The van der Waals surface area contributed by atoms with Gasteiger partial charge < -0.3 is 10.1 Å². The molecule has 0 bridgehead atoms. The molecular formula is C13H13N3O. The Morgan fingerprint density at radius 3 is 3.06 bits per heavy atom. The minimum absolute atomic E-state index is 0.727. The number of rotatable bonds is 2. The van der Waals surface area contributed by atoms with Crippen LogP contribution < -0.4 is 10.1 Å². The van der Waals surface area contributed by atoms with E-state index in [0.717, 1.165) is 23.8 Å². The summed E-state index contributed by atoms with van der Waals surface area (Å²) in [5.74, 6) is 1.92. The molecule has 1 aromatic carbocycles. The highest BCUT2D eigenvalue weighted by Gasteiger charge is 2.14. The van der Waals surface area contributed by atoms with E-state index >= 15 is 0 Å². The molecule has 0 spiro atoms. The average Bonchev–Trinajstić information content (AvgIpc) is 2.82. The van der Waals surface area contributed by atoms with Gasteiger partial charge in [0.05, 0.1) is 25.7 Å². The number of fused-ring (bicyclic) bond motifs is 1. The van der Waals surface area contributed by atoms with Crippen molar-refractivity contribution in [2.45, 2.75) is 6.54 Å². The minimum atomic E-state index is 0.727. The van der Waals surface area contributed by atoms with Crippen LogP contribution in [0.15, 0.2) is 41.5 Å². The van der Waals surface area contributed by atoms with Crippen molar-refractivity contribution in [1.82, 2.24) is 4.57 Å². The molecule has 1 aromatic heterocycles. The number of anilines is 1. The Labute approximate surface area is 99.6 Å². The van der Waals surface area contributed by atoms with E-state index in [1.807, 2.05) is 30.5 Å². The van der Waals surface area contributed by atoms with Crippen LogP contribution in [0.1, 0.15) is 5.56 Å². The second-order valence-electron chi connectivity index (χ2n) is 3.85. The molecule has 2 aromatic rings. The molecule has 0 aliphatic carbocycles. The third kappa shape index (κ3) is 1.58. The molecule has 1 N–H and O–H groups in total. The summed E-state index contributed by atoms with van der Waals surface area (Å²) in [4.78, 5) is 4.19. The first-order valence-electron chi connectivity index (χ1n) is 5.48. The maximum Gasteiger partial charge on any atom is 0.142 e. The van der Waals surface area contributed by atoms with Gasteiger partial charge in [0.15, 0.2) is 0 Å². The van der Waals surface area contributed by atoms with Crippen LogP contribution in [0, 0.1) is 0 Å². The fourth-order valence-electron chi connectivity index (χ4n) is 2.04. The van der Waals surface area contributed by atoms with Crippen molar-refractivity contribution in [3.63, 3.8) is 0 Å². The minimum Gasteiger partial charge on any atom is -0.495 e. The molecule has 86 valence electrons. The normalized spacial score (nSPS) is 13.0. The zero-order valence-electron chi connectivity index (χ0n) is 9.55. The van der Waals surface area contributed by atoms with E-state index in [0.29, 0.717) is 0 Å². The second-order valence-corrected chi connectivity index (χ2v) is 3.85. The molecule has 4 nitrogen and oxygen atoms in total. The number of ether oxygens (including phenoxy) is 1. The van der Waals surface area contributed by atoms with Gasteiger partial charge in [0.25, 0.3) is 0 Å². The monoisotopic (exact) mass is 227 g/mol. The lowest BCUT2D eigenvalue weighted by atomic mass is 10.2. The number of aromatic nitrogens is 1. The van der Waals surface area contributed by atoms with Gasteiger partial charge in [0.2, 0.25) is 0 Å². The Morgan fingerprint density at radius 1 is 1.29 bits per heavy atom. The lowest BCUT2D eigenvalue weighted by Gasteiger charge is -2.15. The fraction of sp³-hybridized carbons (Fsp3) is 0.154. The quantitative estimate of drug-likeness (QED) is 0.855. The highest BCUT2D eigenvalue weighted by molar-refractivity contribution is 5.79. The maximum absolute atomic E-state index is 5.38. The highest BCUT2D eigenvalue weighted by Crippen LogP contribution is 2.29. The van der Waals surface area contributed by atoms with Crippen molar-refractivity contribution in [2.75, 3.05) is 12.4 Å². The summed E-state index contributed by atoms with van der Waals surface area (Å²) < 4.78 is 7.46. The van der Waals surface area contributed by atoms with Crippen LogP contribution in [0.4, 0.5) is 5.82 Å². The molecule has 17 heavy (non-hydrogen) atoms. The summed E-state index contributed by atoms with van der Waals surface area (Å²) in [6, 6.07) is 10.0. The number of methoxy groups -OCH3 is 1. The molecular weight excluding hydrogens is 214 g/mol. The third-order valence-corrected chi connectivity index (χ3v) is 2.87. The summed E-state index contributed by atoms with van der Waals surface area (Å²) in [6.07, 6.45) is 3.76. The summed E-state index contributed by atoms with van der Waals surface area (Å²) in [5.41, 5.74) is 2.22. The molecule has 0 unspecified atom stereocenters. The number of nitrogens with zero attached hydrogens (tertiary/aromatic N) is 2. The van der Waals surface area contributed by atoms with Crippen LogP contribution >= 0.6 is 0 Å². The molecule has 3 rings (SSSR count). The summed E-state index contributed by atoms with van der Waals surface area (Å²) in [5, 5.41) is 3.18. The van der Waals surface area contributed by atoms with Crippen molar-refractivity contribution < 1.29 is 4.74 Å². The molecule has 0 atom stereocenters. The zero-order valence-corrected chi connectivity index (χ0v) is 9.55. The smallest absolute Gasteiger partial charge is 0.142 e. The van der Waals surface area contributed by atoms with E-state index in [1.54, 1.807) is 13.4 Å². The van der Waals surface area contributed by atoms with Gasteiger partial charge in [-0.1, -0.05) is 12.1 Å². The molecule has 2 heterocycles. The van der Waals surface area contributed by atoms with Crippen molar-refractivity contribution in [2.24, 2.45) is 4.99 Å². The SMILES string of the molecule is COc1ccccc1-n1ccc2c1NC=NC2. The van der Waals surface area contributed by atoms with Gasteiger partial charge in [-0.15, -0.1) is 0 Å². The van der Waals surface area contributed by atoms with Gasteiger partial charge in [-0.05, 0) is 18.2 Å². The Hall–Kier alpha value is -2.23. The first kappa shape index (κ1) is 9.96. The van der Waals surface area contributed by atoms with Gasteiger partial charge in [-0.3, -0.25) is 9.56 Å². The van der Waals surface area contributed by atoms with Crippen LogP contribution in [0.2, 0.25) is 0 Å². The second kappa shape index (κ2) is 3.97. The molecule has 0 fully saturated rings. The van der Waals surface area contributed by atoms with E-state index < -0.39 is 0 Å². The van der Waals surface area contributed by atoms with E-state index in [1.165, 1.54) is 5.56 Å². The molecule has 4 heteroatoms. The zero-order chi connectivity index (χ0) is 11.7. The molecule has 0 amide bonds. The third-order valence-electron chi connectivity index (χ3n) is 2.87. The highest BCUT2D eigenvalue weighted by atomic mass is 16.5. The molecule has 1 aliphatic rings. The van der Waals surface area contributed by atoms with Gasteiger partial charge in [-0.2, -0.15) is 0 Å². The Balaban J connectivity index is 2.13. The topological polar surface area (TPSA) is 38.5 Å². The van der Waals surface area contributed by atoms with E-state index in [4.69, 9.17) is 4.74 Å². The number of hydrogen-bond donors (Lipinski definition) is 1. The largest absolute Gasteiger partial charge is 0.495 e. The van der Waals surface area contributed by atoms with Crippen molar-refractivity contribution in [3.05, 3.63) is 42.1 Å². The molecule has 0 saturated heterocycles. The van der Waals surface area contributed by atoms with Crippen LogP contribution in [0.25, 0.3) is 5.69 Å². The number of hydrogen-bond acceptors (Lipinski definition) is 3. The van der Waals surface area contributed by atoms with E-state index in [2.05, 4.69) is 20.9 Å². The fourth-order valence-corrected chi connectivity index (χ4v) is 2.04. The average molecular weight is 227 g/mol. The van der Waals surface area contributed by atoms with Gasteiger partial charge in [0.1, 0.15) is 11.6 Å². The first-order valence-corrected chi connectivity index (χ1v) is 5.48. The van der Waals surface area contributed by atoms with E-state index in [-0.39, 0.29) is 0 Å². The van der Waals surface area contributed by atoms with Crippen molar-refractivity contribution in [1.29, 1.82) is 0 Å². The predicted molar refractivity (Wildman–Crippen MR) is 68.1 cm³/mol. The van der Waals surface area contributed by atoms with E-state index in [9.17, 15) is 0 Å². The van der Waals surface area contributed by atoms with Gasteiger partial charge >= 0.3 is 0 Å². The lowest BCUT2D eigenvalue weighted by molar-refractivity contribution is 0.413. The summed E-state index contributed by atoms with van der Waals surface area (Å²) >= 11 is 0. The summed E-state index contributed by atoms with van der Waals surface area (Å²) in [6.45, 7) is 0.727. The standard InChI is InChI=1S/C13H13N3O/c1-17-12-5-3-2-4-11(12)16-7-6-10-8-14-9-15-13(10)16/h2-7,9H,8H2,1H3,(H,14,15). The Morgan fingerprint density at radius 2 is 2.18 bits per heavy atom. The number of para-hydroxylation sites is 2. The van der Waals surface area contributed by atoms with Crippen LogP contribution in [-0.4, -0.2) is 18.0 Å². The lowest BCUT2D eigenvalue weighted by Crippen LogP contribution is -2.09. The van der Waals surface area contributed by atoms with Gasteiger partial charge in [0, 0.05) is 11.8 Å². The van der Waals surface area contributed by atoms with Crippen LogP contribution in [-0.2, 0) is 6.54 Å². The molecule has 0 saturated carbocycles. The van der Waals surface area contributed by atoms with Crippen molar-refractivity contribution >= 4 is 12.2 Å². The van der Waals surface area contributed by atoms with Gasteiger partial charge in [-0.25, -0.2) is 0 Å². The number of nitrogens with one attached hydrogen (secondary N) is 1. The molecule has 1 aliphatic heterocycles. The number of aliphatic imine (C=N–C) groups is 1. The number of benzene rings is 1. The van der Waals surface area contributed by atoms with Crippen LogP contribution in [0.5, 0.6) is 5.75 Å². The Bertz CT molecular complexity index is 572. The maximum atomic E-state index is 5.38. The van der Waals surface area contributed by atoms with Crippen molar-refractivity contribution in [3.8, 4) is 11.4 Å².